The Labute approximate surface area is 81.1 Å². The summed E-state index contributed by atoms with van der Waals surface area (Å²) in [6.07, 6.45) is 1.51. The molecule has 1 N–H and O–H groups in total. The van der Waals surface area contributed by atoms with Crippen molar-refractivity contribution in [1.82, 2.24) is 0 Å². The lowest BCUT2D eigenvalue weighted by atomic mass is 10.3. The predicted octanol–water partition coefficient (Wildman–Crippen LogP) is 2.05. The highest BCUT2D eigenvalue weighted by Crippen LogP contribution is 2.24. The average molecular weight is 198 g/mol. The van der Waals surface area contributed by atoms with Gasteiger partial charge in [0, 0.05) is 12.5 Å². The van der Waals surface area contributed by atoms with Gasteiger partial charge in [-0.2, -0.15) is 0 Å². The van der Waals surface area contributed by atoms with Crippen LogP contribution < -0.4 is 4.74 Å². The molecule has 0 saturated carbocycles. The van der Waals surface area contributed by atoms with Crippen molar-refractivity contribution in [3.8, 4) is 11.5 Å². The van der Waals surface area contributed by atoms with Crippen molar-refractivity contribution >= 4 is 0 Å². The number of benzene rings is 1. The third kappa shape index (κ3) is 1.96. The zero-order valence-corrected chi connectivity index (χ0v) is 7.57. The van der Waals surface area contributed by atoms with Gasteiger partial charge < -0.3 is 14.6 Å². The third-order valence-corrected chi connectivity index (χ3v) is 2.07. The molecule has 1 aliphatic rings. The number of hydrogen-bond acceptors (Lipinski definition) is 3. The van der Waals surface area contributed by atoms with E-state index in [1.54, 1.807) is 0 Å². The molecule has 1 aromatic carbocycles. The molecule has 2 rings (SSSR count). The summed E-state index contributed by atoms with van der Waals surface area (Å²) in [5.41, 5.74) is 0. The summed E-state index contributed by atoms with van der Waals surface area (Å²) in [5, 5.41) is 8.94. The summed E-state index contributed by atoms with van der Waals surface area (Å²) in [6, 6.07) is 3.93. The Kier molecular flexibility index (Phi) is 2.54. The number of aromatic hydroxyl groups is 1. The van der Waals surface area contributed by atoms with Gasteiger partial charge in [0.25, 0.3) is 0 Å². The van der Waals surface area contributed by atoms with Crippen molar-refractivity contribution in [1.29, 1.82) is 0 Å². The Morgan fingerprint density at radius 3 is 3.00 bits per heavy atom. The van der Waals surface area contributed by atoms with Crippen LogP contribution in [0.1, 0.15) is 12.8 Å². The molecule has 14 heavy (non-hydrogen) atoms. The fraction of sp³-hybridized carbons (Fsp3) is 0.400. The van der Waals surface area contributed by atoms with Crippen LogP contribution in [0.3, 0.4) is 0 Å². The number of hydrogen-bond donors (Lipinski definition) is 1. The van der Waals surface area contributed by atoms with E-state index in [1.807, 2.05) is 0 Å². The standard InChI is InChI=1S/C10H11FO3/c11-8-6-7(3-4-9(8)12)14-10-2-1-5-13-10/h3-4,6,10,12H,1-2,5H2/t10-/m1/s1. The lowest BCUT2D eigenvalue weighted by Crippen LogP contribution is -2.13. The molecular formula is C10H11FO3. The quantitative estimate of drug-likeness (QED) is 0.790. The summed E-state index contributed by atoms with van der Waals surface area (Å²) in [7, 11) is 0. The fourth-order valence-corrected chi connectivity index (χ4v) is 1.35. The fourth-order valence-electron chi connectivity index (χ4n) is 1.35. The summed E-state index contributed by atoms with van der Waals surface area (Å²) < 4.78 is 23.4. The van der Waals surface area contributed by atoms with E-state index in [2.05, 4.69) is 0 Å². The van der Waals surface area contributed by atoms with Gasteiger partial charge in [0.05, 0.1) is 6.61 Å². The Hall–Kier alpha value is -1.29. The van der Waals surface area contributed by atoms with Crippen molar-refractivity contribution in [2.75, 3.05) is 6.61 Å². The number of phenolic OH excluding ortho intramolecular Hbond substituents is 1. The Balaban J connectivity index is 2.05. The van der Waals surface area contributed by atoms with E-state index < -0.39 is 5.82 Å². The van der Waals surface area contributed by atoms with Crippen LogP contribution in [0.5, 0.6) is 11.5 Å². The Morgan fingerprint density at radius 2 is 2.36 bits per heavy atom. The second kappa shape index (κ2) is 3.84. The van der Waals surface area contributed by atoms with E-state index in [1.165, 1.54) is 12.1 Å². The summed E-state index contributed by atoms with van der Waals surface area (Å²) >= 11 is 0. The monoisotopic (exact) mass is 198 g/mol. The Morgan fingerprint density at radius 1 is 1.50 bits per heavy atom. The molecule has 0 aliphatic carbocycles. The number of phenols is 1. The molecule has 1 heterocycles. The van der Waals surface area contributed by atoms with Gasteiger partial charge >= 0.3 is 0 Å². The number of halogens is 1. The van der Waals surface area contributed by atoms with Gasteiger partial charge in [-0.05, 0) is 18.6 Å². The molecule has 3 nitrogen and oxygen atoms in total. The molecule has 0 amide bonds. The van der Waals surface area contributed by atoms with Crippen molar-refractivity contribution in [2.45, 2.75) is 19.1 Å². The average Bonchev–Trinajstić information content (AvgIpc) is 2.64. The van der Waals surface area contributed by atoms with Gasteiger partial charge in [-0.3, -0.25) is 0 Å². The molecule has 0 aromatic heterocycles. The molecular weight excluding hydrogens is 187 g/mol. The van der Waals surface area contributed by atoms with Crippen LogP contribution in [-0.2, 0) is 4.74 Å². The SMILES string of the molecule is Oc1ccc(O[C@@H]2CCCO2)cc1F. The van der Waals surface area contributed by atoms with Crippen LogP contribution in [0.4, 0.5) is 4.39 Å². The minimum atomic E-state index is -0.680. The molecule has 0 bridgehead atoms. The molecule has 76 valence electrons. The largest absolute Gasteiger partial charge is 0.505 e. The zero-order valence-electron chi connectivity index (χ0n) is 7.57. The van der Waals surface area contributed by atoms with E-state index in [0.717, 1.165) is 18.9 Å². The maximum atomic E-state index is 12.9. The minimum Gasteiger partial charge on any atom is -0.505 e. The lowest BCUT2D eigenvalue weighted by molar-refractivity contribution is -0.0392. The molecule has 1 atom stereocenters. The van der Waals surface area contributed by atoms with Gasteiger partial charge in [-0.1, -0.05) is 0 Å². The van der Waals surface area contributed by atoms with Gasteiger partial charge in [0.2, 0.25) is 0 Å². The minimum absolute atomic E-state index is 0.279. The highest BCUT2D eigenvalue weighted by Gasteiger charge is 2.17. The molecule has 1 fully saturated rings. The second-order valence-electron chi connectivity index (χ2n) is 3.17. The molecule has 0 spiro atoms. The molecule has 1 aliphatic heterocycles. The van der Waals surface area contributed by atoms with Crippen molar-refractivity contribution in [2.24, 2.45) is 0 Å². The molecule has 1 aromatic rings. The number of ether oxygens (including phenoxy) is 2. The van der Waals surface area contributed by atoms with Gasteiger partial charge in [-0.25, -0.2) is 4.39 Å². The van der Waals surface area contributed by atoms with Crippen LogP contribution in [0.25, 0.3) is 0 Å². The summed E-state index contributed by atoms with van der Waals surface area (Å²) in [4.78, 5) is 0. The first-order valence-corrected chi connectivity index (χ1v) is 4.52. The predicted molar refractivity (Wildman–Crippen MR) is 47.7 cm³/mol. The van der Waals surface area contributed by atoms with Crippen LogP contribution >= 0.6 is 0 Å². The van der Waals surface area contributed by atoms with Gasteiger partial charge in [0.1, 0.15) is 5.75 Å². The lowest BCUT2D eigenvalue weighted by Gasteiger charge is -2.12. The normalized spacial score (nSPS) is 21.1. The molecule has 1 saturated heterocycles. The van der Waals surface area contributed by atoms with E-state index in [-0.39, 0.29) is 12.0 Å². The highest BCUT2D eigenvalue weighted by atomic mass is 19.1. The van der Waals surface area contributed by atoms with Crippen LogP contribution in [0.15, 0.2) is 18.2 Å². The van der Waals surface area contributed by atoms with Crippen LogP contribution in [0, 0.1) is 5.82 Å². The Bertz CT molecular complexity index is 321. The first-order chi connectivity index (χ1) is 6.75. The zero-order chi connectivity index (χ0) is 9.97. The van der Waals surface area contributed by atoms with Crippen molar-refractivity contribution in [3.05, 3.63) is 24.0 Å². The van der Waals surface area contributed by atoms with E-state index >= 15 is 0 Å². The first-order valence-electron chi connectivity index (χ1n) is 4.52. The second-order valence-corrected chi connectivity index (χ2v) is 3.17. The smallest absolute Gasteiger partial charge is 0.199 e. The van der Waals surface area contributed by atoms with Gasteiger partial charge in [-0.15, -0.1) is 0 Å². The summed E-state index contributed by atoms with van der Waals surface area (Å²) in [5.74, 6) is -0.669. The van der Waals surface area contributed by atoms with Crippen molar-refractivity contribution in [3.63, 3.8) is 0 Å². The molecule has 4 heteroatoms. The van der Waals surface area contributed by atoms with Crippen LogP contribution in [-0.4, -0.2) is 18.0 Å². The van der Waals surface area contributed by atoms with Gasteiger partial charge in [0.15, 0.2) is 17.9 Å². The van der Waals surface area contributed by atoms with E-state index in [4.69, 9.17) is 14.6 Å². The first kappa shape index (κ1) is 9.27. The maximum absolute atomic E-state index is 12.9. The van der Waals surface area contributed by atoms with E-state index in [0.29, 0.717) is 12.4 Å². The molecule has 0 unspecified atom stereocenters. The topological polar surface area (TPSA) is 38.7 Å². The highest BCUT2D eigenvalue weighted by molar-refractivity contribution is 5.32. The number of rotatable bonds is 2. The van der Waals surface area contributed by atoms with Crippen molar-refractivity contribution < 1.29 is 19.0 Å². The third-order valence-electron chi connectivity index (χ3n) is 2.07. The summed E-state index contributed by atoms with van der Waals surface area (Å²) in [6.45, 7) is 0.686. The van der Waals surface area contributed by atoms with Crippen LogP contribution in [0.2, 0.25) is 0 Å². The maximum Gasteiger partial charge on any atom is 0.199 e. The van der Waals surface area contributed by atoms with E-state index in [9.17, 15) is 4.39 Å². The molecule has 0 radical (unpaired) electrons.